The third kappa shape index (κ3) is 6.17. The lowest BCUT2D eigenvalue weighted by atomic mass is 10.2. The monoisotopic (exact) mass is 593 g/mol. The van der Waals surface area contributed by atoms with Crippen molar-refractivity contribution >= 4 is 48.3 Å². The molecule has 2 heterocycles. The number of rotatable bonds is 10. The summed E-state index contributed by atoms with van der Waals surface area (Å²) in [7, 11) is -2.06. The zero-order chi connectivity index (χ0) is 29.0. The van der Waals surface area contributed by atoms with Crippen LogP contribution in [-0.2, 0) is 10.0 Å². The topological polar surface area (TPSA) is 95.1 Å². The second-order valence-corrected chi connectivity index (χ2v) is 12.7. The highest BCUT2D eigenvalue weighted by molar-refractivity contribution is 7.92. The SMILES string of the molecule is CCN(c1ccccc1)S(=O)(=O)c1ccc(C(=O)NCCN2CCN(c3nc4c(OC)ccc(C)c4s3)CC2)cc1. The molecule has 0 spiro atoms. The Hall–Kier alpha value is -3.67. The predicted octanol–water partition coefficient (Wildman–Crippen LogP) is 4.38. The number of benzene rings is 3. The molecule has 5 rings (SSSR count). The number of hydrogen-bond donors (Lipinski definition) is 1. The van der Waals surface area contributed by atoms with E-state index in [0.29, 0.717) is 24.3 Å². The molecule has 0 saturated carbocycles. The van der Waals surface area contributed by atoms with Crippen LogP contribution in [0.4, 0.5) is 10.8 Å². The summed E-state index contributed by atoms with van der Waals surface area (Å²) in [5.41, 5.74) is 3.15. The number of ether oxygens (including phenoxy) is 1. The average Bonchev–Trinajstić information content (AvgIpc) is 3.45. The number of piperazine rings is 1. The zero-order valence-electron chi connectivity index (χ0n) is 23.5. The molecule has 9 nitrogen and oxygen atoms in total. The Balaban J connectivity index is 1.12. The second kappa shape index (κ2) is 12.5. The minimum Gasteiger partial charge on any atom is -0.494 e. The first-order chi connectivity index (χ1) is 19.8. The average molecular weight is 594 g/mol. The first-order valence-corrected chi connectivity index (χ1v) is 15.9. The lowest BCUT2D eigenvalue weighted by Crippen LogP contribution is -2.48. The van der Waals surface area contributed by atoms with E-state index in [1.807, 2.05) is 24.3 Å². The molecule has 0 bridgehead atoms. The van der Waals surface area contributed by atoms with Gasteiger partial charge in [-0.15, -0.1) is 0 Å². The van der Waals surface area contributed by atoms with Gasteiger partial charge in [0, 0.05) is 51.4 Å². The van der Waals surface area contributed by atoms with Crippen LogP contribution >= 0.6 is 11.3 Å². The lowest BCUT2D eigenvalue weighted by molar-refractivity contribution is 0.0947. The van der Waals surface area contributed by atoms with Crippen molar-refractivity contribution in [2.24, 2.45) is 0 Å². The fourth-order valence-electron chi connectivity index (χ4n) is 4.98. The van der Waals surface area contributed by atoms with Crippen LogP contribution in [0.15, 0.2) is 71.6 Å². The van der Waals surface area contributed by atoms with E-state index in [9.17, 15) is 13.2 Å². The van der Waals surface area contributed by atoms with Gasteiger partial charge in [0.25, 0.3) is 15.9 Å². The zero-order valence-corrected chi connectivity index (χ0v) is 25.2. The summed E-state index contributed by atoms with van der Waals surface area (Å²) in [5, 5.41) is 3.98. The fraction of sp³-hybridized carbons (Fsp3) is 0.333. The molecule has 1 amide bonds. The van der Waals surface area contributed by atoms with E-state index in [-0.39, 0.29) is 10.8 Å². The molecule has 1 aliphatic heterocycles. The van der Waals surface area contributed by atoms with Gasteiger partial charge >= 0.3 is 0 Å². The molecule has 0 aliphatic carbocycles. The maximum absolute atomic E-state index is 13.2. The number of fused-ring (bicyclic) bond motifs is 1. The summed E-state index contributed by atoms with van der Waals surface area (Å²) < 4.78 is 34.4. The van der Waals surface area contributed by atoms with E-state index in [1.54, 1.807) is 49.6 Å². The van der Waals surface area contributed by atoms with Crippen LogP contribution in [0.5, 0.6) is 5.75 Å². The quantitative estimate of drug-likeness (QED) is 0.292. The molecule has 41 heavy (non-hydrogen) atoms. The first kappa shape index (κ1) is 28.8. The van der Waals surface area contributed by atoms with Gasteiger partial charge < -0.3 is 15.0 Å². The van der Waals surface area contributed by atoms with Crippen LogP contribution in [0.1, 0.15) is 22.8 Å². The molecule has 4 aromatic rings. The molecule has 1 fully saturated rings. The summed E-state index contributed by atoms with van der Waals surface area (Å²) in [6.45, 7) is 8.93. The molecule has 1 aliphatic rings. The summed E-state index contributed by atoms with van der Waals surface area (Å²) in [6.07, 6.45) is 0. The highest BCUT2D eigenvalue weighted by atomic mass is 32.2. The highest BCUT2D eigenvalue weighted by Gasteiger charge is 2.24. The third-order valence-electron chi connectivity index (χ3n) is 7.30. The van der Waals surface area contributed by atoms with E-state index < -0.39 is 10.0 Å². The smallest absolute Gasteiger partial charge is 0.264 e. The van der Waals surface area contributed by atoms with Gasteiger partial charge in [-0.25, -0.2) is 13.4 Å². The molecule has 0 radical (unpaired) electrons. The molecule has 11 heteroatoms. The van der Waals surface area contributed by atoms with Crippen LogP contribution in [0, 0.1) is 6.92 Å². The van der Waals surface area contributed by atoms with Crippen molar-refractivity contribution in [3.05, 3.63) is 77.9 Å². The van der Waals surface area contributed by atoms with Crippen LogP contribution in [0.3, 0.4) is 0 Å². The van der Waals surface area contributed by atoms with Crippen molar-refractivity contribution in [1.29, 1.82) is 0 Å². The van der Waals surface area contributed by atoms with Crippen LogP contribution < -0.4 is 19.3 Å². The predicted molar refractivity (Wildman–Crippen MR) is 165 cm³/mol. The largest absolute Gasteiger partial charge is 0.494 e. The number of carbonyl (C=O) groups excluding carboxylic acids is 1. The Kier molecular flexibility index (Phi) is 8.77. The Bertz CT molecular complexity index is 1600. The van der Waals surface area contributed by atoms with Crippen molar-refractivity contribution < 1.29 is 17.9 Å². The molecule has 0 unspecified atom stereocenters. The van der Waals surface area contributed by atoms with Gasteiger partial charge in [-0.05, 0) is 61.9 Å². The number of para-hydroxylation sites is 1. The maximum Gasteiger partial charge on any atom is 0.264 e. The van der Waals surface area contributed by atoms with Crippen molar-refractivity contribution in [3.63, 3.8) is 0 Å². The lowest BCUT2D eigenvalue weighted by Gasteiger charge is -2.34. The van der Waals surface area contributed by atoms with Crippen LogP contribution in [0.2, 0.25) is 0 Å². The van der Waals surface area contributed by atoms with Gasteiger partial charge in [-0.2, -0.15) is 0 Å². The maximum atomic E-state index is 13.2. The number of carbonyl (C=O) groups is 1. The number of nitrogens with one attached hydrogen (secondary N) is 1. The van der Waals surface area contributed by atoms with Crippen molar-refractivity contribution in [3.8, 4) is 5.75 Å². The normalized spacial score (nSPS) is 14.3. The second-order valence-electron chi connectivity index (χ2n) is 9.87. The standard InChI is InChI=1S/C30H35N5O4S2/c1-4-35(24-8-6-5-7-9-24)41(37,38)25-13-11-23(12-14-25)29(36)31-16-17-33-18-20-34(21-19-33)30-32-27-26(39-3)15-10-22(2)28(27)40-30/h5-15H,4,16-21H2,1-3H3,(H,31,36). The van der Waals surface area contributed by atoms with Crippen LogP contribution in [-0.4, -0.2) is 77.1 Å². The molecular weight excluding hydrogens is 558 g/mol. The molecule has 0 atom stereocenters. The van der Waals surface area contributed by atoms with E-state index in [0.717, 1.165) is 53.8 Å². The Morgan fingerprint density at radius 3 is 2.39 bits per heavy atom. The Labute approximate surface area is 245 Å². The van der Waals surface area contributed by atoms with Gasteiger partial charge in [0.1, 0.15) is 11.3 Å². The van der Waals surface area contributed by atoms with Gasteiger partial charge in [-0.1, -0.05) is 35.6 Å². The molecule has 1 N–H and O–H groups in total. The van der Waals surface area contributed by atoms with Gasteiger partial charge in [0.2, 0.25) is 0 Å². The highest BCUT2D eigenvalue weighted by Crippen LogP contribution is 2.36. The van der Waals surface area contributed by atoms with Crippen molar-refractivity contribution in [1.82, 2.24) is 15.2 Å². The third-order valence-corrected chi connectivity index (χ3v) is 10.5. The molecule has 3 aromatic carbocycles. The first-order valence-electron chi connectivity index (χ1n) is 13.7. The number of methoxy groups -OCH3 is 1. The number of nitrogens with zero attached hydrogens (tertiary/aromatic N) is 4. The van der Waals surface area contributed by atoms with Gasteiger partial charge in [0.05, 0.1) is 22.4 Å². The van der Waals surface area contributed by atoms with Gasteiger partial charge in [-0.3, -0.25) is 14.0 Å². The Morgan fingerprint density at radius 2 is 1.73 bits per heavy atom. The number of anilines is 2. The number of aromatic nitrogens is 1. The van der Waals surface area contributed by atoms with Crippen LogP contribution in [0.25, 0.3) is 10.2 Å². The number of hydrogen-bond acceptors (Lipinski definition) is 8. The molecule has 1 aromatic heterocycles. The number of thiazole rings is 1. The van der Waals surface area contributed by atoms with E-state index in [4.69, 9.17) is 9.72 Å². The number of amides is 1. The van der Waals surface area contributed by atoms with Gasteiger partial charge in [0.15, 0.2) is 5.13 Å². The fourth-order valence-corrected chi connectivity index (χ4v) is 7.56. The summed E-state index contributed by atoms with van der Waals surface area (Å²) in [5.74, 6) is 0.579. The van der Waals surface area contributed by atoms with E-state index in [2.05, 4.69) is 28.1 Å². The number of aryl methyl sites for hydroxylation is 1. The van der Waals surface area contributed by atoms with E-state index in [1.165, 1.54) is 22.0 Å². The summed E-state index contributed by atoms with van der Waals surface area (Å²) in [4.78, 5) is 22.4. The molecule has 1 saturated heterocycles. The minimum atomic E-state index is -3.74. The van der Waals surface area contributed by atoms with Crippen molar-refractivity contribution in [2.45, 2.75) is 18.7 Å². The number of sulfonamides is 1. The summed E-state index contributed by atoms with van der Waals surface area (Å²) >= 11 is 1.70. The minimum absolute atomic E-state index is 0.152. The van der Waals surface area contributed by atoms with E-state index >= 15 is 0 Å². The molecule has 216 valence electrons. The molecular formula is C30H35N5O4S2. The summed E-state index contributed by atoms with van der Waals surface area (Å²) in [6, 6.07) is 19.1. The van der Waals surface area contributed by atoms with Crippen molar-refractivity contribution in [2.75, 3.05) is 62.1 Å². The Morgan fingerprint density at radius 1 is 1.02 bits per heavy atom.